The number of nitrogens with zero attached hydrogens (tertiary/aromatic N) is 1. The van der Waals surface area contributed by atoms with Gasteiger partial charge in [0.05, 0.1) is 32.6 Å². The summed E-state index contributed by atoms with van der Waals surface area (Å²) in [5.41, 5.74) is 0.874. The molecule has 0 saturated carbocycles. The number of benzene rings is 1. The maximum absolute atomic E-state index is 12.9. The Kier molecular flexibility index (Phi) is 7.53. The Morgan fingerprint density at radius 2 is 1.90 bits per heavy atom. The highest BCUT2D eigenvalue weighted by Crippen LogP contribution is 2.29. The summed E-state index contributed by atoms with van der Waals surface area (Å²) in [5.74, 6) is 2.05. The number of carbonyl (C=O) groups excluding carboxylic acids is 1. The van der Waals surface area contributed by atoms with Gasteiger partial charge in [-0.1, -0.05) is 12.1 Å². The Labute approximate surface area is 175 Å². The molecule has 0 fully saturated rings. The lowest BCUT2D eigenvalue weighted by atomic mass is 10.2. The van der Waals surface area contributed by atoms with Gasteiger partial charge >= 0.3 is 0 Å². The second-order valence-electron chi connectivity index (χ2n) is 6.26. The molecule has 1 amide bonds. The van der Waals surface area contributed by atoms with Crippen LogP contribution in [0.25, 0.3) is 6.08 Å². The molecule has 0 spiro atoms. The van der Waals surface area contributed by atoms with Crippen LogP contribution in [0.4, 0.5) is 0 Å². The molecule has 6 heteroatoms. The maximum atomic E-state index is 12.9. The standard InChI is InChI=1S/C23H25NO4S/c1-3-26-21-11-9-18(15-22(21)27-4-2)10-12-23(25)24(16-19-7-5-13-28-19)17-20-8-6-14-29-20/h5-15H,3-4,16-17H2,1-2H3/b12-10+. The van der Waals surface area contributed by atoms with Crippen molar-refractivity contribution in [1.29, 1.82) is 0 Å². The zero-order valence-corrected chi connectivity index (χ0v) is 17.5. The first-order valence-electron chi connectivity index (χ1n) is 9.61. The normalized spacial score (nSPS) is 11.0. The molecule has 0 unspecified atom stereocenters. The number of rotatable bonds is 10. The van der Waals surface area contributed by atoms with E-state index in [1.165, 1.54) is 0 Å². The van der Waals surface area contributed by atoms with Crippen molar-refractivity contribution in [3.8, 4) is 11.5 Å². The average Bonchev–Trinajstić information content (AvgIpc) is 3.42. The van der Waals surface area contributed by atoms with E-state index < -0.39 is 0 Å². The van der Waals surface area contributed by atoms with Gasteiger partial charge in [-0.3, -0.25) is 4.79 Å². The molecular formula is C23H25NO4S. The van der Waals surface area contributed by atoms with Crippen molar-refractivity contribution in [2.75, 3.05) is 13.2 Å². The maximum Gasteiger partial charge on any atom is 0.247 e. The number of furan rings is 1. The van der Waals surface area contributed by atoms with Crippen molar-refractivity contribution in [1.82, 2.24) is 4.90 Å². The zero-order valence-electron chi connectivity index (χ0n) is 16.7. The molecular weight excluding hydrogens is 386 g/mol. The Balaban J connectivity index is 1.75. The van der Waals surface area contributed by atoms with Gasteiger partial charge in [-0.15, -0.1) is 11.3 Å². The number of ether oxygens (including phenoxy) is 2. The van der Waals surface area contributed by atoms with Crippen LogP contribution in [0.5, 0.6) is 11.5 Å². The smallest absolute Gasteiger partial charge is 0.247 e. The fourth-order valence-electron chi connectivity index (χ4n) is 2.84. The number of hydrogen-bond acceptors (Lipinski definition) is 5. The molecule has 3 aromatic rings. The van der Waals surface area contributed by atoms with E-state index in [0.717, 1.165) is 16.2 Å². The SMILES string of the molecule is CCOc1ccc(/C=C/C(=O)N(Cc2ccco2)Cc2cccs2)cc1OCC. The van der Waals surface area contributed by atoms with Gasteiger partial charge in [0, 0.05) is 11.0 Å². The number of hydrogen-bond donors (Lipinski definition) is 0. The number of amides is 1. The molecule has 0 radical (unpaired) electrons. The van der Waals surface area contributed by atoms with Crippen LogP contribution in [0.15, 0.2) is 64.6 Å². The fourth-order valence-corrected chi connectivity index (χ4v) is 3.56. The van der Waals surface area contributed by atoms with E-state index in [-0.39, 0.29) is 5.91 Å². The highest BCUT2D eigenvalue weighted by atomic mass is 32.1. The van der Waals surface area contributed by atoms with Crippen LogP contribution >= 0.6 is 11.3 Å². The molecule has 0 N–H and O–H groups in total. The molecule has 2 aromatic heterocycles. The molecule has 0 saturated heterocycles. The zero-order chi connectivity index (χ0) is 20.5. The molecule has 0 bridgehead atoms. The lowest BCUT2D eigenvalue weighted by Gasteiger charge is -2.19. The third-order valence-corrected chi connectivity index (χ3v) is 5.01. The van der Waals surface area contributed by atoms with Crippen molar-refractivity contribution >= 4 is 23.3 Å². The first-order chi connectivity index (χ1) is 14.2. The van der Waals surface area contributed by atoms with Crippen LogP contribution in [-0.4, -0.2) is 24.0 Å². The lowest BCUT2D eigenvalue weighted by molar-refractivity contribution is -0.127. The van der Waals surface area contributed by atoms with Crippen molar-refractivity contribution < 1.29 is 18.7 Å². The van der Waals surface area contributed by atoms with Crippen LogP contribution in [0, 0.1) is 0 Å². The summed E-state index contributed by atoms with van der Waals surface area (Å²) in [5, 5.41) is 2.01. The van der Waals surface area contributed by atoms with Crippen LogP contribution in [0.1, 0.15) is 30.0 Å². The highest BCUT2D eigenvalue weighted by molar-refractivity contribution is 7.09. The summed E-state index contributed by atoms with van der Waals surface area (Å²) in [6, 6.07) is 13.4. The predicted molar refractivity (Wildman–Crippen MR) is 115 cm³/mol. The molecule has 0 aliphatic heterocycles. The minimum absolute atomic E-state index is 0.0818. The van der Waals surface area contributed by atoms with E-state index in [1.54, 1.807) is 34.7 Å². The van der Waals surface area contributed by atoms with Crippen LogP contribution in [0.3, 0.4) is 0 Å². The monoisotopic (exact) mass is 411 g/mol. The molecule has 3 rings (SSSR count). The van der Waals surface area contributed by atoms with E-state index >= 15 is 0 Å². The van der Waals surface area contributed by atoms with Crippen molar-refractivity contribution in [3.05, 3.63) is 76.4 Å². The molecule has 2 heterocycles. The van der Waals surface area contributed by atoms with Gasteiger partial charge < -0.3 is 18.8 Å². The first kappa shape index (κ1) is 20.7. The first-order valence-corrected chi connectivity index (χ1v) is 10.5. The molecule has 29 heavy (non-hydrogen) atoms. The minimum Gasteiger partial charge on any atom is -0.490 e. The van der Waals surface area contributed by atoms with Gasteiger partial charge in [0.25, 0.3) is 0 Å². The fraction of sp³-hybridized carbons (Fsp3) is 0.261. The topological polar surface area (TPSA) is 51.9 Å². The van der Waals surface area contributed by atoms with Crippen LogP contribution in [0.2, 0.25) is 0 Å². The van der Waals surface area contributed by atoms with E-state index in [4.69, 9.17) is 13.9 Å². The van der Waals surface area contributed by atoms with Gasteiger partial charge in [0.15, 0.2) is 11.5 Å². The summed E-state index contributed by atoms with van der Waals surface area (Å²) in [6.45, 7) is 5.93. The van der Waals surface area contributed by atoms with Crippen molar-refractivity contribution in [2.45, 2.75) is 26.9 Å². The van der Waals surface area contributed by atoms with Crippen molar-refractivity contribution in [3.63, 3.8) is 0 Å². The summed E-state index contributed by atoms with van der Waals surface area (Å²) in [4.78, 5) is 15.8. The third kappa shape index (κ3) is 5.99. The van der Waals surface area contributed by atoms with Gasteiger partial charge in [0.2, 0.25) is 5.91 Å². The second-order valence-corrected chi connectivity index (χ2v) is 7.29. The largest absolute Gasteiger partial charge is 0.490 e. The molecule has 0 atom stereocenters. The molecule has 0 aliphatic carbocycles. The Bertz CT molecular complexity index is 880. The van der Waals surface area contributed by atoms with E-state index in [0.29, 0.717) is 37.8 Å². The quantitative estimate of drug-likeness (QED) is 0.420. The van der Waals surface area contributed by atoms with Crippen LogP contribution in [-0.2, 0) is 17.9 Å². The molecule has 1 aromatic carbocycles. The Hall–Kier alpha value is -2.99. The molecule has 0 aliphatic rings. The average molecular weight is 412 g/mol. The number of thiophene rings is 1. The van der Waals surface area contributed by atoms with Gasteiger partial charge in [-0.05, 0) is 61.2 Å². The molecule has 152 valence electrons. The van der Waals surface area contributed by atoms with E-state index in [2.05, 4.69) is 0 Å². The third-order valence-electron chi connectivity index (χ3n) is 4.15. The lowest BCUT2D eigenvalue weighted by Crippen LogP contribution is -2.27. The van der Waals surface area contributed by atoms with Gasteiger partial charge in [-0.25, -0.2) is 0 Å². The predicted octanol–water partition coefficient (Wildman–Crippen LogP) is 5.38. The highest BCUT2D eigenvalue weighted by Gasteiger charge is 2.14. The summed E-state index contributed by atoms with van der Waals surface area (Å²) in [6.07, 6.45) is 5.00. The van der Waals surface area contributed by atoms with Crippen molar-refractivity contribution in [2.24, 2.45) is 0 Å². The van der Waals surface area contributed by atoms with Gasteiger partial charge in [-0.2, -0.15) is 0 Å². The summed E-state index contributed by atoms with van der Waals surface area (Å²) < 4.78 is 16.7. The minimum atomic E-state index is -0.0818. The van der Waals surface area contributed by atoms with E-state index in [1.807, 2.05) is 61.7 Å². The Morgan fingerprint density at radius 3 is 2.59 bits per heavy atom. The van der Waals surface area contributed by atoms with E-state index in [9.17, 15) is 4.79 Å². The second kappa shape index (κ2) is 10.5. The van der Waals surface area contributed by atoms with Crippen LogP contribution < -0.4 is 9.47 Å². The summed E-state index contributed by atoms with van der Waals surface area (Å²) in [7, 11) is 0. The Morgan fingerprint density at radius 1 is 1.07 bits per heavy atom. The molecule has 5 nitrogen and oxygen atoms in total. The van der Waals surface area contributed by atoms with Gasteiger partial charge in [0.1, 0.15) is 5.76 Å². The summed E-state index contributed by atoms with van der Waals surface area (Å²) >= 11 is 1.63. The number of carbonyl (C=O) groups is 1.